The molecule has 0 radical (unpaired) electrons. The molecule has 0 bridgehead atoms. The van der Waals surface area contributed by atoms with Crippen molar-refractivity contribution in [3.63, 3.8) is 0 Å². The summed E-state index contributed by atoms with van der Waals surface area (Å²) in [5.74, 6) is -0.277. The fraction of sp³-hybridized carbons (Fsp3) is 0.100. The van der Waals surface area contributed by atoms with Crippen LogP contribution in [-0.4, -0.2) is 10.2 Å². The Morgan fingerprint density at radius 1 is 1.04 bits per heavy atom. The van der Waals surface area contributed by atoms with Gasteiger partial charge in [0, 0.05) is 5.56 Å². The normalized spacial score (nSPS) is 16.3. The van der Waals surface area contributed by atoms with Crippen LogP contribution in [0.1, 0.15) is 28.2 Å². The molecule has 8 heteroatoms. The minimum Gasteiger partial charge on any atom is -0.339 e. The molecule has 2 heterocycles. The first-order chi connectivity index (χ1) is 13.4. The second-order valence-corrected chi connectivity index (χ2v) is 6.61. The second kappa shape index (κ2) is 6.73. The van der Waals surface area contributed by atoms with E-state index in [4.69, 9.17) is 11.6 Å². The summed E-state index contributed by atoms with van der Waals surface area (Å²) in [5, 5.41) is 19.4. The highest BCUT2D eigenvalue weighted by molar-refractivity contribution is 6.32. The number of nitrogens with zero attached hydrogens (tertiary/aromatic N) is 2. The van der Waals surface area contributed by atoms with Gasteiger partial charge < -0.3 is 5.32 Å². The largest absolute Gasteiger partial charge is 0.417 e. The number of H-pyrrole nitrogens is 1. The van der Waals surface area contributed by atoms with Crippen LogP contribution in [0.25, 0.3) is 5.70 Å². The van der Waals surface area contributed by atoms with Crippen LogP contribution in [0.4, 0.5) is 19.0 Å². The third-order valence-corrected chi connectivity index (χ3v) is 5.04. The van der Waals surface area contributed by atoms with Gasteiger partial charge in [-0.25, -0.2) is 0 Å². The van der Waals surface area contributed by atoms with Gasteiger partial charge in [0.15, 0.2) is 0 Å². The van der Waals surface area contributed by atoms with E-state index >= 15 is 0 Å². The van der Waals surface area contributed by atoms with Crippen LogP contribution in [0.2, 0.25) is 5.02 Å². The molecule has 3 aromatic rings. The van der Waals surface area contributed by atoms with E-state index in [1.54, 1.807) is 0 Å². The summed E-state index contributed by atoms with van der Waals surface area (Å²) in [6.45, 7) is 0. The SMILES string of the molecule is N#CC1=C(c2ccccc2)Nc2[nH]ncc2C1c1cccc(C(F)(F)F)c1Cl. The highest BCUT2D eigenvalue weighted by Gasteiger charge is 2.38. The maximum atomic E-state index is 13.4. The van der Waals surface area contributed by atoms with Gasteiger partial charge >= 0.3 is 6.18 Å². The average Bonchev–Trinajstić information content (AvgIpc) is 3.15. The fourth-order valence-electron chi connectivity index (χ4n) is 3.37. The molecule has 0 spiro atoms. The molecule has 28 heavy (non-hydrogen) atoms. The molecule has 0 aliphatic carbocycles. The standard InChI is InChI=1S/C20H12ClF3N4/c21-17-12(7-4-8-15(17)20(22,23)24)16-13(9-25)18(11-5-2-1-3-6-11)27-19-14(16)10-26-28-19/h1-8,10,16H,(H2,26,27,28). The van der Waals surface area contributed by atoms with Crippen molar-refractivity contribution in [2.75, 3.05) is 5.32 Å². The van der Waals surface area contributed by atoms with E-state index in [1.807, 2.05) is 30.3 Å². The Labute approximate surface area is 163 Å². The first-order valence-electron chi connectivity index (χ1n) is 8.27. The number of nitrogens with one attached hydrogen (secondary N) is 2. The van der Waals surface area contributed by atoms with Gasteiger partial charge in [0.2, 0.25) is 0 Å². The number of rotatable bonds is 2. The van der Waals surface area contributed by atoms with Crippen LogP contribution in [0.15, 0.2) is 60.3 Å². The third-order valence-electron chi connectivity index (χ3n) is 4.62. The average molecular weight is 401 g/mol. The number of allylic oxidation sites excluding steroid dienone is 1. The Balaban J connectivity index is 1.98. The number of hydrogen-bond acceptors (Lipinski definition) is 3. The summed E-state index contributed by atoms with van der Waals surface area (Å²) in [5.41, 5.74) is 1.31. The highest BCUT2D eigenvalue weighted by Crippen LogP contribution is 2.47. The van der Waals surface area contributed by atoms with Gasteiger partial charge in [-0.2, -0.15) is 23.5 Å². The van der Waals surface area contributed by atoms with Crippen LogP contribution < -0.4 is 5.32 Å². The molecule has 0 saturated carbocycles. The molecule has 1 aliphatic rings. The Morgan fingerprint density at radius 2 is 1.79 bits per heavy atom. The van der Waals surface area contributed by atoms with Crippen molar-refractivity contribution in [1.82, 2.24) is 10.2 Å². The molecular formula is C20H12ClF3N4. The molecular weight excluding hydrogens is 389 g/mol. The van der Waals surface area contributed by atoms with E-state index in [-0.39, 0.29) is 11.1 Å². The van der Waals surface area contributed by atoms with Gasteiger partial charge in [-0.3, -0.25) is 5.10 Å². The number of halogens is 4. The molecule has 1 aromatic heterocycles. The van der Waals surface area contributed by atoms with Gasteiger partial charge in [0.25, 0.3) is 0 Å². The van der Waals surface area contributed by atoms with Gasteiger partial charge in [-0.15, -0.1) is 0 Å². The van der Waals surface area contributed by atoms with E-state index in [9.17, 15) is 18.4 Å². The number of aromatic amines is 1. The zero-order valence-electron chi connectivity index (χ0n) is 14.2. The van der Waals surface area contributed by atoms with Gasteiger partial charge in [0.1, 0.15) is 5.82 Å². The minimum atomic E-state index is -4.60. The second-order valence-electron chi connectivity index (χ2n) is 6.23. The van der Waals surface area contributed by atoms with Crippen molar-refractivity contribution in [2.45, 2.75) is 12.1 Å². The van der Waals surface area contributed by atoms with Crippen LogP contribution >= 0.6 is 11.6 Å². The number of aromatic nitrogens is 2. The quantitative estimate of drug-likeness (QED) is 0.590. The number of nitriles is 1. The number of anilines is 1. The monoisotopic (exact) mass is 400 g/mol. The maximum Gasteiger partial charge on any atom is 0.417 e. The van der Waals surface area contributed by atoms with Gasteiger partial charge in [0.05, 0.1) is 40.0 Å². The first-order valence-corrected chi connectivity index (χ1v) is 8.65. The van der Waals surface area contributed by atoms with Crippen molar-refractivity contribution in [3.8, 4) is 6.07 Å². The summed E-state index contributed by atoms with van der Waals surface area (Å²) in [6, 6.07) is 15.0. The fourth-order valence-corrected chi connectivity index (χ4v) is 3.72. The molecule has 1 aliphatic heterocycles. The molecule has 1 unspecified atom stereocenters. The van der Waals surface area contributed by atoms with Crippen molar-refractivity contribution in [2.24, 2.45) is 0 Å². The summed E-state index contributed by atoms with van der Waals surface area (Å²) >= 11 is 6.17. The maximum absolute atomic E-state index is 13.4. The number of hydrogen-bond donors (Lipinski definition) is 2. The summed E-state index contributed by atoms with van der Waals surface area (Å²) in [6.07, 6.45) is -3.11. The molecule has 2 aromatic carbocycles. The van der Waals surface area contributed by atoms with Crippen LogP contribution in [0, 0.1) is 11.3 Å². The Hall–Kier alpha value is -3.24. The first kappa shape index (κ1) is 18.1. The lowest BCUT2D eigenvalue weighted by atomic mass is 9.81. The molecule has 4 rings (SSSR count). The lowest BCUT2D eigenvalue weighted by Gasteiger charge is -2.27. The molecule has 1 atom stereocenters. The zero-order valence-corrected chi connectivity index (χ0v) is 14.9. The zero-order chi connectivity index (χ0) is 19.9. The molecule has 4 nitrogen and oxygen atoms in total. The van der Waals surface area contributed by atoms with E-state index < -0.39 is 22.7 Å². The van der Waals surface area contributed by atoms with Gasteiger partial charge in [-0.1, -0.05) is 54.1 Å². The Kier molecular flexibility index (Phi) is 4.36. The molecule has 0 saturated heterocycles. The molecule has 2 N–H and O–H groups in total. The Morgan fingerprint density at radius 3 is 2.46 bits per heavy atom. The van der Waals surface area contributed by atoms with Gasteiger partial charge in [-0.05, 0) is 17.2 Å². The summed E-state index contributed by atoms with van der Waals surface area (Å²) in [7, 11) is 0. The van der Waals surface area contributed by atoms with E-state index in [1.165, 1.54) is 18.3 Å². The number of benzene rings is 2. The van der Waals surface area contributed by atoms with Crippen LogP contribution in [0.3, 0.4) is 0 Å². The summed E-state index contributed by atoms with van der Waals surface area (Å²) < 4.78 is 40.1. The predicted molar refractivity (Wildman–Crippen MR) is 99.5 cm³/mol. The van der Waals surface area contributed by atoms with E-state index in [2.05, 4.69) is 21.6 Å². The Bertz CT molecular complexity index is 1110. The number of fused-ring (bicyclic) bond motifs is 1. The smallest absolute Gasteiger partial charge is 0.339 e. The lowest BCUT2D eigenvalue weighted by Crippen LogP contribution is -2.18. The third kappa shape index (κ3) is 2.92. The van der Waals surface area contributed by atoms with E-state index in [0.717, 1.165) is 11.6 Å². The van der Waals surface area contributed by atoms with Crippen molar-refractivity contribution in [1.29, 1.82) is 5.26 Å². The molecule has 140 valence electrons. The highest BCUT2D eigenvalue weighted by atomic mass is 35.5. The predicted octanol–water partition coefficient (Wildman–Crippen LogP) is 5.57. The number of alkyl halides is 3. The van der Waals surface area contributed by atoms with E-state index in [0.29, 0.717) is 17.1 Å². The van der Waals surface area contributed by atoms with Crippen molar-refractivity contribution < 1.29 is 13.2 Å². The minimum absolute atomic E-state index is 0.200. The lowest BCUT2D eigenvalue weighted by molar-refractivity contribution is -0.137. The van der Waals surface area contributed by atoms with Crippen LogP contribution in [0.5, 0.6) is 0 Å². The van der Waals surface area contributed by atoms with Crippen molar-refractivity contribution >= 4 is 23.1 Å². The van der Waals surface area contributed by atoms with Crippen LogP contribution in [-0.2, 0) is 6.18 Å². The molecule has 0 amide bonds. The topological polar surface area (TPSA) is 64.5 Å². The van der Waals surface area contributed by atoms with Crippen molar-refractivity contribution in [3.05, 3.63) is 87.6 Å². The molecule has 0 fully saturated rings. The summed E-state index contributed by atoms with van der Waals surface area (Å²) in [4.78, 5) is 0.